The number of carbonyl (C=O) groups is 1. The maximum Gasteiger partial charge on any atom is 0.244 e. The highest BCUT2D eigenvalue weighted by Gasteiger charge is 2.09. The number of hydrogen-bond donors (Lipinski definition) is 0. The van der Waals surface area contributed by atoms with Gasteiger partial charge in [-0.2, -0.15) is 5.10 Å². The molecule has 0 radical (unpaired) electrons. The molecule has 0 bridgehead atoms. The van der Waals surface area contributed by atoms with Crippen LogP contribution in [0.4, 0.5) is 0 Å². The number of halogens is 1. The van der Waals surface area contributed by atoms with Gasteiger partial charge in [0, 0.05) is 6.92 Å². The van der Waals surface area contributed by atoms with Gasteiger partial charge in [0.25, 0.3) is 0 Å². The van der Waals surface area contributed by atoms with Gasteiger partial charge < -0.3 is 4.74 Å². The van der Waals surface area contributed by atoms with E-state index in [1.807, 2.05) is 18.2 Å². The van der Waals surface area contributed by atoms with Crippen LogP contribution in [-0.4, -0.2) is 28.2 Å². The van der Waals surface area contributed by atoms with Gasteiger partial charge in [-0.3, -0.25) is 4.79 Å². The lowest BCUT2D eigenvalue weighted by Crippen LogP contribution is -2.06. The SMILES string of the molecule is CC(=O)n1ncc2c(OCCCl)cccc21. The van der Waals surface area contributed by atoms with Crippen LogP contribution >= 0.6 is 11.6 Å². The molecule has 0 spiro atoms. The molecule has 16 heavy (non-hydrogen) atoms. The molecule has 1 aromatic carbocycles. The lowest BCUT2D eigenvalue weighted by Gasteiger charge is -2.05. The second kappa shape index (κ2) is 4.53. The van der Waals surface area contributed by atoms with E-state index in [1.54, 1.807) is 6.20 Å². The fraction of sp³-hybridized carbons (Fsp3) is 0.273. The second-order valence-electron chi connectivity index (χ2n) is 3.30. The van der Waals surface area contributed by atoms with E-state index in [-0.39, 0.29) is 5.91 Å². The quantitative estimate of drug-likeness (QED) is 0.771. The Hall–Kier alpha value is -1.55. The van der Waals surface area contributed by atoms with Crippen LogP contribution in [0.1, 0.15) is 11.7 Å². The van der Waals surface area contributed by atoms with Gasteiger partial charge in [-0.15, -0.1) is 11.6 Å². The number of fused-ring (bicyclic) bond motifs is 1. The van der Waals surface area contributed by atoms with Gasteiger partial charge in [0.1, 0.15) is 12.4 Å². The minimum Gasteiger partial charge on any atom is -0.492 e. The van der Waals surface area contributed by atoms with E-state index in [1.165, 1.54) is 11.6 Å². The van der Waals surface area contributed by atoms with E-state index in [4.69, 9.17) is 16.3 Å². The van der Waals surface area contributed by atoms with Gasteiger partial charge in [0.2, 0.25) is 5.91 Å². The summed E-state index contributed by atoms with van der Waals surface area (Å²) in [5.74, 6) is 1.01. The van der Waals surface area contributed by atoms with Crippen LogP contribution < -0.4 is 4.74 Å². The summed E-state index contributed by atoms with van der Waals surface area (Å²) in [4.78, 5) is 11.3. The summed E-state index contributed by atoms with van der Waals surface area (Å²) in [6.07, 6.45) is 1.63. The van der Waals surface area contributed by atoms with E-state index in [2.05, 4.69) is 5.10 Å². The summed E-state index contributed by atoms with van der Waals surface area (Å²) in [5, 5.41) is 4.84. The molecule has 0 atom stereocenters. The minimum atomic E-state index is -0.121. The van der Waals surface area contributed by atoms with Crippen LogP contribution in [0, 0.1) is 0 Å². The Kier molecular flexibility index (Phi) is 3.10. The Morgan fingerprint density at radius 2 is 2.38 bits per heavy atom. The van der Waals surface area contributed by atoms with Gasteiger partial charge >= 0.3 is 0 Å². The number of nitrogens with zero attached hydrogens (tertiary/aromatic N) is 2. The Morgan fingerprint density at radius 3 is 3.06 bits per heavy atom. The number of alkyl halides is 1. The third-order valence-corrected chi connectivity index (χ3v) is 2.36. The Morgan fingerprint density at radius 1 is 1.56 bits per heavy atom. The van der Waals surface area contributed by atoms with Gasteiger partial charge in [0.15, 0.2) is 0 Å². The molecule has 84 valence electrons. The maximum absolute atomic E-state index is 11.3. The highest BCUT2D eigenvalue weighted by Crippen LogP contribution is 2.25. The van der Waals surface area contributed by atoms with Crippen LogP contribution in [0.15, 0.2) is 24.4 Å². The highest BCUT2D eigenvalue weighted by molar-refractivity contribution is 6.18. The lowest BCUT2D eigenvalue weighted by molar-refractivity contribution is 0.0927. The molecule has 4 nitrogen and oxygen atoms in total. The van der Waals surface area contributed by atoms with Crippen molar-refractivity contribution in [2.75, 3.05) is 12.5 Å². The molecule has 0 N–H and O–H groups in total. The van der Waals surface area contributed by atoms with Crippen molar-refractivity contribution in [2.24, 2.45) is 0 Å². The zero-order chi connectivity index (χ0) is 11.5. The monoisotopic (exact) mass is 238 g/mol. The summed E-state index contributed by atoms with van der Waals surface area (Å²) in [6.45, 7) is 1.91. The van der Waals surface area contributed by atoms with Crippen molar-refractivity contribution in [3.8, 4) is 5.75 Å². The van der Waals surface area contributed by atoms with Crippen LogP contribution in [0.25, 0.3) is 10.9 Å². The highest BCUT2D eigenvalue weighted by atomic mass is 35.5. The molecular weight excluding hydrogens is 228 g/mol. The molecule has 2 aromatic rings. The Bertz CT molecular complexity index is 522. The average Bonchev–Trinajstić information content (AvgIpc) is 2.70. The van der Waals surface area contributed by atoms with E-state index in [0.717, 1.165) is 10.9 Å². The van der Waals surface area contributed by atoms with Crippen molar-refractivity contribution >= 4 is 28.4 Å². The molecule has 0 unspecified atom stereocenters. The number of aromatic nitrogens is 2. The van der Waals surface area contributed by atoms with Gasteiger partial charge in [-0.1, -0.05) is 6.07 Å². The average molecular weight is 239 g/mol. The largest absolute Gasteiger partial charge is 0.492 e. The molecule has 0 saturated heterocycles. The van der Waals surface area contributed by atoms with Crippen LogP contribution in [-0.2, 0) is 0 Å². The normalized spacial score (nSPS) is 10.6. The van der Waals surface area contributed by atoms with E-state index < -0.39 is 0 Å². The number of rotatable bonds is 3. The smallest absolute Gasteiger partial charge is 0.244 e. The van der Waals surface area contributed by atoms with Crippen LogP contribution in [0.5, 0.6) is 5.75 Å². The summed E-state index contributed by atoms with van der Waals surface area (Å²) in [6, 6.07) is 5.49. The first-order chi connectivity index (χ1) is 7.74. The van der Waals surface area contributed by atoms with Crippen molar-refractivity contribution in [3.05, 3.63) is 24.4 Å². The zero-order valence-corrected chi connectivity index (χ0v) is 9.57. The topological polar surface area (TPSA) is 44.1 Å². The third-order valence-electron chi connectivity index (χ3n) is 2.21. The van der Waals surface area contributed by atoms with Crippen molar-refractivity contribution < 1.29 is 9.53 Å². The van der Waals surface area contributed by atoms with Gasteiger partial charge in [-0.05, 0) is 12.1 Å². The van der Waals surface area contributed by atoms with Crippen molar-refractivity contribution in [1.29, 1.82) is 0 Å². The van der Waals surface area contributed by atoms with E-state index in [0.29, 0.717) is 18.2 Å². The van der Waals surface area contributed by atoms with Crippen LogP contribution in [0.2, 0.25) is 0 Å². The zero-order valence-electron chi connectivity index (χ0n) is 8.81. The molecule has 0 aliphatic rings. The molecule has 0 aliphatic carbocycles. The van der Waals surface area contributed by atoms with Crippen molar-refractivity contribution in [2.45, 2.75) is 6.92 Å². The molecule has 1 heterocycles. The van der Waals surface area contributed by atoms with Gasteiger partial charge in [0.05, 0.1) is 23.0 Å². The predicted molar refractivity (Wildman–Crippen MR) is 62.2 cm³/mol. The molecule has 2 rings (SSSR count). The summed E-state index contributed by atoms with van der Waals surface area (Å²) >= 11 is 5.56. The van der Waals surface area contributed by atoms with E-state index >= 15 is 0 Å². The van der Waals surface area contributed by atoms with E-state index in [9.17, 15) is 4.79 Å². The number of benzene rings is 1. The first kappa shape index (κ1) is 11.0. The molecule has 0 amide bonds. The summed E-state index contributed by atoms with van der Waals surface area (Å²) < 4.78 is 6.82. The van der Waals surface area contributed by atoms with Gasteiger partial charge in [-0.25, -0.2) is 4.68 Å². The van der Waals surface area contributed by atoms with Crippen molar-refractivity contribution in [1.82, 2.24) is 9.78 Å². The molecule has 5 heteroatoms. The summed E-state index contributed by atoms with van der Waals surface area (Å²) in [7, 11) is 0. The molecular formula is C11H11ClN2O2. The van der Waals surface area contributed by atoms with Crippen molar-refractivity contribution in [3.63, 3.8) is 0 Å². The Balaban J connectivity index is 2.49. The predicted octanol–water partition coefficient (Wildman–Crippen LogP) is 2.31. The number of carbonyl (C=O) groups excluding carboxylic acids is 1. The lowest BCUT2D eigenvalue weighted by atomic mass is 10.2. The maximum atomic E-state index is 11.3. The summed E-state index contributed by atoms with van der Waals surface area (Å²) in [5.41, 5.74) is 0.750. The fourth-order valence-corrected chi connectivity index (χ4v) is 1.63. The van der Waals surface area contributed by atoms with Crippen LogP contribution in [0.3, 0.4) is 0 Å². The number of ether oxygens (including phenoxy) is 1. The second-order valence-corrected chi connectivity index (χ2v) is 3.68. The minimum absolute atomic E-state index is 0.121. The first-order valence-corrected chi connectivity index (χ1v) is 5.44. The Labute approximate surface area is 97.8 Å². The number of hydrogen-bond acceptors (Lipinski definition) is 3. The molecule has 0 saturated carbocycles. The fourth-order valence-electron chi connectivity index (χ4n) is 1.55. The molecule has 1 aromatic heterocycles. The third kappa shape index (κ3) is 1.88. The first-order valence-electron chi connectivity index (χ1n) is 4.90. The standard InChI is InChI=1S/C11H11ClN2O2/c1-8(15)14-10-3-2-4-11(16-6-5-12)9(10)7-13-14/h2-4,7H,5-6H2,1H3. The molecule has 0 aliphatic heterocycles. The molecule has 0 fully saturated rings.